The number of halogens is 3. The molecule has 0 fully saturated rings. The molecule has 0 bridgehead atoms. The number of aromatic carboxylic acids is 1. The van der Waals surface area contributed by atoms with E-state index in [4.69, 9.17) is 16.6 Å². The van der Waals surface area contributed by atoms with Gasteiger partial charge in [0.15, 0.2) is 0 Å². The number of benzene rings is 3. The lowest BCUT2D eigenvalue weighted by Gasteiger charge is -2.14. The Bertz CT molecular complexity index is 1480. The number of nitrogens with zero attached hydrogens (tertiary/aromatic N) is 2. The highest BCUT2D eigenvalue weighted by molar-refractivity contribution is 6.31. The molecule has 5 rings (SSSR count). The van der Waals surface area contributed by atoms with Crippen LogP contribution in [0.2, 0.25) is 5.02 Å². The first-order chi connectivity index (χ1) is 16.4. The molecule has 0 aliphatic heterocycles. The van der Waals surface area contributed by atoms with Crippen LogP contribution in [0.25, 0.3) is 16.8 Å². The Morgan fingerprint density at radius 2 is 1.79 bits per heavy atom. The van der Waals surface area contributed by atoms with E-state index in [9.17, 15) is 18.7 Å². The molecule has 0 saturated heterocycles. The van der Waals surface area contributed by atoms with Crippen molar-refractivity contribution < 1.29 is 18.7 Å². The van der Waals surface area contributed by atoms with Crippen molar-refractivity contribution in [2.24, 2.45) is 0 Å². The normalized spacial score (nSPS) is 12.4. The Kier molecular flexibility index (Phi) is 5.67. The van der Waals surface area contributed by atoms with Crippen molar-refractivity contribution in [3.63, 3.8) is 0 Å². The van der Waals surface area contributed by atoms with Gasteiger partial charge in [0.05, 0.1) is 11.3 Å². The van der Waals surface area contributed by atoms with Gasteiger partial charge in [-0.05, 0) is 53.5 Å². The van der Waals surface area contributed by atoms with Crippen LogP contribution in [-0.4, -0.2) is 21.0 Å². The Balaban J connectivity index is 1.60. The van der Waals surface area contributed by atoms with Gasteiger partial charge in [0.2, 0.25) is 0 Å². The molecule has 1 aromatic heterocycles. The maximum atomic E-state index is 14.7. The first kappa shape index (κ1) is 21.9. The summed E-state index contributed by atoms with van der Waals surface area (Å²) in [6.45, 7) is 0. The van der Waals surface area contributed by atoms with E-state index in [1.54, 1.807) is 36.5 Å². The molecule has 0 amide bonds. The van der Waals surface area contributed by atoms with E-state index < -0.39 is 17.3 Å². The largest absolute Gasteiger partial charge is 0.478 e. The van der Waals surface area contributed by atoms with E-state index in [-0.39, 0.29) is 12.2 Å². The number of rotatable bonds is 4. The number of carbonyl (C=O) groups is 1. The summed E-state index contributed by atoms with van der Waals surface area (Å²) in [6, 6.07) is 15.9. The van der Waals surface area contributed by atoms with Crippen LogP contribution in [0.4, 0.5) is 8.78 Å². The van der Waals surface area contributed by atoms with Crippen LogP contribution in [0, 0.1) is 11.6 Å². The molecular formula is C27H17ClF2N2O2. The average Bonchev–Trinajstić information content (AvgIpc) is 2.97. The van der Waals surface area contributed by atoms with Gasteiger partial charge >= 0.3 is 5.97 Å². The minimum Gasteiger partial charge on any atom is -0.478 e. The minimum atomic E-state index is -1.33. The molecule has 1 aliphatic rings. The zero-order valence-corrected chi connectivity index (χ0v) is 18.5. The molecule has 34 heavy (non-hydrogen) atoms. The second-order valence-electron chi connectivity index (χ2n) is 7.95. The lowest BCUT2D eigenvalue weighted by molar-refractivity contribution is 0.0691. The first-order valence-electron chi connectivity index (χ1n) is 10.5. The maximum Gasteiger partial charge on any atom is 0.338 e. The highest BCUT2D eigenvalue weighted by Gasteiger charge is 2.22. The summed E-state index contributed by atoms with van der Waals surface area (Å²) in [5.74, 6) is -2.00. The molecule has 7 heteroatoms. The first-order valence-corrected chi connectivity index (χ1v) is 10.9. The molecule has 4 nitrogen and oxygen atoms in total. The molecule has 0 atom stereocenters. The number of hydrogen-bond donors (Lipinski definition) is 1. The van der Waals surface area contributed by atoms with Gasteiger partial charge in [-0.15, -0.1) is 0 Å². The minimum absolute atomic E-state index is 0.227. The van der Waals surface area contributed by atoms with E-state index in [1.165, 1.54) is 18.2 Å². The molecule has 1 N–H and O–H groups in total. The Morgan fingerprint density at radius 1 is 0.971 bits per heavy atom. The predicted octanol–water partition coefficient (Wildman–Crippen LogP) is 6.35. The van der Waals surface area contributed by atoms with Crippen molar-refractivity contribution in [3.05, 3.63) is 123 Å². The number of fused-ring (bicyclic) bond motifs is 3. The lowest BCUT2D eigenvalue weighted by atomic mass is 9.93. The molecule has 0 unspecified atom stereocenters. The smallest absolute Gasteiger partial charge is 0.338 e. The van der Waals surface area contributed by atoms with Gasteiger partial charge in [0.1, 0.15) is 17.5 Å². The number of hydrogen-bond acceptors (Lipinski definition) is 3. The molecular weight excluding hydrogens is 458 g/mol. The fourth-order valence-electron chi connectivity index (χ4n) is 4.14. The molecule has 0 saturated carbocycles. The zero-order valence-electron chi connectivity index (χ0n) is 17.7. The summed E-state index contributed by atoms with van der Waals surface area (Å²) < 4.78 is 28.5. The van der Waals surface area contributed by atoms with Crippen LogP contribution in [0.15, 0.2) is 72.9 Å². The standard InChI is InChI=1S/C27H17ClF2N2O2/c28-17-7-9-20-21(13-17)18(19-3-1-2-4-23(19)29)8-6-16-14-31-25(32-26(16)20)12-15-5-10-24(30)22(11-15)27(33)34/h1-5,7-11,13-14H,6,12H2,(H,33,34). The third kappa shape index (κ3) is 4.08. The van der Waals surface area contributed by atoms with E-state index in [0.29, 0.717) is 34.1 Å². The predicted molar refractivity (Wildman–Crippen MR) is 126 cm³/mol. The van der Waals surface area contributed by atoms with Crippen molar-refractivity contribution in [2.45, 2.75) is 12.8 Å². The fourth-order valence-corrected chi connectivity index (χ4v) is 4.31. The van der Waals surface area contributed by atoms with E-state index in [2.05, 4.69) is 4.98 Å². The second-order valence-corrected chi connectivity index (χ2v) is 8.38. The van der Waals surface area contributed by atoms with Gasteiger partial charge in [-0.2, -0.15) is 0 Å². The molecule has 3 aromatic carbocycles. The average molecular weight is 475 g/mol. The van der Waals surface area contributed by atoms with Crippen LogP contribution in [-0.2, 0) is 12.8 Å². The third-order valence-electron chi connectivity index (χ3n) is 5.75. The molecule has 0 spiro atoms. The molecule has 1 aliphatic carbocycles. The van der Waals surface area contributed by atoms with Gasteiger partial charge in [0.25, 0.3) is 0 Å². The maximum absolute atomic E-state index is 14.7. The zero-order chi connectivity index (χ0) is 23.8. The monoisotopic (exact) mass is 474 g/mol. The molecule has 0 radical (unpaired) electrons. The van der Waals surface area contributed by atoms with Crippen LogP contribution >= 0.6 is 11.6 Å². The van der Waals surface area contributed by atoms with Crippen LogP contribution < -0.4 is 0 Å². The van der Waals surface area contributed by atoms with Gasteiger partial charge in [0, 0.05) is 34.3 Å². The Hall–Kier alpha value is -3.90. The summed E-state index contributed by atoms with van der Waals surface area (Å²) in [4.78, 5) is 20.5. The topological polar surface area (TPSA) is 63.1 Å². The summed E-state index contributed by atoms with van der Waals surface area (Å²) in [7, 11) is 0. The van der Waals surface area contributed by atoms with Gasteiger partial charge in [-0.25, -0.2) is 23.5 Å². The molecule has 4 aromatic rings. The summed E-state index contributed by atoms with van der Waals surface area (Å²) in [6.07, 6.45) is 4.38. The summed E-state index contributed by atoms with van der Waals surface area (Å²) in [5.41, 5.74) is 4.49. The van der Waals surface area contributed by atoms with Gasteiger partial charge in [-0.1, -0.05) is 48.0 Å². The number of carboxylic acids is 1. The van der Waals surface area contributed by atoms with Crippen LogP contribution in [0.3, 0.4) is 0 Å². The van der Waals surface area contributed by atoms with Crippen molar-refractivity contribution in [3.8, 4) is 11.3 Å². The van der Waals surface area contributed by atoms with E-state index in [1.807, 2.05) is 12.1 Å². The number of aromatic nitrogens is 2. The SMILES string of the molecule is O=C(O)c1cc(Cc2ncc3c(n2)-c2ccc(Cl)cc2C(c2ccccc2F)=CC3)ccc1F. The van der Waals surface area contributed by atoms with E-state index >= 15 is 0 Å². The summed E-state index contributed by atoms with van der Waals surface area (Å²) in [5, 5.41) is 9.72. The van der Waals surface area contributed by atoms with Crippen LogP contribution in [0.1, 0.15) is 38.4 Å². The third-order valence-corrected chi connectivity index (χ3v) is 5.99. The molecule has 168 valence electrons. The lowest BCUT2D eigenvalue weighted by Crippen LogP contribution is -2.05. The number of allylic oxidation sites excluding steroid dienone is 1. The van der Waals surface area contributed by atoms with Crippen molar-refractivity contribution in [1.82, 2.24) is 9.97 Å². The highest BCUT2D eigenvalue weighted by Crippen LogP contribution is 2.39. The highest BCUT2D eigenvalue weighted by atomic mass is 35.5. The summed E-state index contributed by atoms with van der Waals surface area (Å²) >= 11 is 6.31. The second kappa shape index (κ2) is 8.80. The van der Waals surface area contributed by atoms with Crippen molar-refractivity contribution >= 4 is 23.1 Å². The van der Waals surface area contributed by atoms with Crippen molar-refractivity contribution in [2.75, 3.05) is 0 Å². The van der Waals surface area contributed by atoms with E-state index in [0.717, 1.165) is 28.3 Å². The molecule has 1 heterocycles. The quantitative estimate of drug-likeness (QED) is 0.374. The Labute approximate surface area is 199 Å². The van der Waals surface area contributed by atoms with Crippen molar-refractivity contribution in [1.29, 1.82) is 0 Å². The number of carboxylic acid groups (broad SMARTS) is 1. The Morgan fingerprint density at radius 3 is 2.59 bits per heavy atom. The van der Waals surface area contributed by atoms with Gasteiger partial charge < -0.3 is 5.11 Å². The van der Waals surface area contributed by atoms with Gasteiger partial charge in [-0.3, -0.25) is 0 Å². The fraction of sp³-hybridized carbons (Fsp3) is 0.0741. The van der Waals surface area contributed by atoms with Crippen LogP contribution in [0.5, 0.6) is 0 Å².